The van der Waals surface area contributed by atoms with Crippen LogP contribution >= 0.6 is 0 Å². The molecule has 4 heteroatoms. The average Bonchev–Trinajstić information content (AvgIpc) is 3.13. The number of benzene rings is 3. The SMILES string of the molecule is Fc1ccc2[nH]c3c(c2c1)CCNC3c1ccc(OCCc2ccccc2)cc1. The Hall–Kier alpha value is -3.11. The number of halogens is 1. The molecule has 0 radical (unpaired) electrons. The van der Waals surface area contributed by atoms with Crippen LogP contribution in [0.3, 0.4) is 0 Å². The number of hydrogen-bond acceptors (Lipinski definition) is 2. The third-order valence-corrected chi connectivity index (χ3v) is 5.63. The van der Waals surface area contributed by atoms with Crippen molar-refractivity contribution in [1.82, 2.24) is 10.3 Å². The number of rotatable bonds is 5. The van der Waals surface area contributed by atoms with Crippen LogP contribution in [0.15, 0.2) is 72.8 Å². The second-order valence-corrected chi connectivity index (χ2v) is 7.50. The van der Waals surface area contributed by atoms with E-state index in [9.17, 15) is 4.39 Å². The molecule has 0 aliphatic carbocycles. The molecule has 2 heterocycles. The van der Waals surface area contributed by atoms with E-state index in [4.69, 9.17) is 4.74 Å². The van der Waals surface area contributed by atoms with Crippen LogP contribution in [0, 0.1) is 5.82 Å². The van der Waals surface area contributed by atoms with E-state index in [-0.39, 0.29) is 11.9 Å². The third kappa shape index (κ3) is 3.64. The summed E-state index contributed by atoms with van der Waals surface area (Å²) in [6.07, 6.45) is 1.79. The van der Waals surface area contributed by atoms with E-state index < -0.39 is 0 Å². The molecule has 0 spiro atoms. The van der Waals surface area contributed by atoms with Crippen LogP contribution in [0.5, 0.6) is 5.75 Å². The van der Waals surface area contributed by atoms with E-state index in [1.54, 1.807) is 6.07 Å². The van der Waals surface area contributed by atoms with Gasteiger partial charge in [-0.1, -0.05) is 42.5 Å². The van der Waals surface area contributed by atoms with E-state index in [2.05, 4.69) is 34.6 Å². The van der Waals surface area contributed by atoms with Crippen molar-refractivity contribution in [2.45, 2.75) is 18.9 Å². The number of H-pyrrole nitrogens is 1. The third-order valence-electron chi connectivity index (χ3n) is 5.63. The molecule has 5 rings (SSSR count). The first-order valence-electron chi connectivity index (χ1n) is 10.1. The van der Waals surface area contributed by atoms with Gasteiger partial charge in [-0.05, 0) is 53.4 Å². The second-order valence-electron chi connectivity index (χ2n) is 7.50. The van der Waals surface area contributed by atoms with Crippen molar-refractivity contribution in [2.75, 3.05) is 13.2 Å². The zero-order valence-corrected chi connectivity index (χ0v) is 16.1. The fourth-order valence-corrected chi connectivity index (χ4v) is 4.17. The van der Waals surface area contributed by atoms with Crippen LogP contribution in [0.25, 0.3) is 10.9 Å². The quantitative estimate of drug-likeness (QED) is 0.497. The van der Waals surface area contributed by atoms with Gasteiger partial charge in [0.15, 0.2) is 0 Å². The molecule has 3 aromatic carbocycles. The molecular formula is C25H23FN2O. The molecule has 1 aliphatic rings. The lowest BCUT2D eigenvalue weighted by atomic mass is 9.94. The molecule has 1 aromatic heterocycles. The normalized spacial score (nSPS) is 16.0. The van der Waals surface area contributed by atoms with Gasteiger partial charge < -0.3 is 15.0 Å². The zero-order valence-electron chi connectivity index (χ0n) is 16.1. The Kier molecular flexibility index (Phi) is 4.78. The standard InChI is InChI=1S/C25H23FN2O/c26-19-8-11-23-22(16-19)21-12-14-27-24(25(21)28-23)18-6-9-20(10-7-18)29-15-13-17-4-2-1-3-5-17/h1-11,16,24,27-28H,12-15H2. The summed E-state index contributed by atoms with van der Waals surface area (Å²) < 4.78 is 19.6. The van der Waals surface area contributed by atoms with Gasteiger partial charge in [-0.2, -0.15) is 0 Å². The summed E-state index contributed by atoms with van der Waals surface area (Å²) in [5.41, 5.74) is 5.79. The number of aromatic nitrogens is 1. The van der Waals surface area contributed by atoms with Crippen molar-refractivity contribution in [2.24, 2.45) is 0 Å². The van der Waals surface area contributed by atoms with Crippen LogP contribution in [-0.4, -0.2) is 18.1 Å². The van der Waals surface area contributed by atoms with Gasteiger partial charge in [0.2, 0.25) is 0 Å². The van der Waals surface area contributed by atoms with Crippen LogP contribution in [0.2, 0.25) is 0 Å². The molecule has 29 heavy (non-hydrogen) atoms. The van der Waals surface area contributed by atoms with Gasteiger partial charge in [0, 0.05) is 29.6 Å². The maximum atomic E-state index is 13.7. The molecule has 1 unspecified atom stereocenters. The molecule has 0 amide bonds. The lowest BCUT2D eigenvalue weighted by Gasteiger charge is -2.25. The van der Waals surface area contributed by atoms with E-state index in [0.717, 1.165) is 41.7 Å². The molecule has 4 aromatic rings. The lowest BCUT2D eigenvalue weighted by Crippen LogP contribution is -2.30. The van der Waals surface area contributed by atoms with Crippen LogP contribution < -0.4 is 10.1 Å². The Labute approximate surface area is 169 Å². The van der Waals surface area contributed by atoms with Crippen molar-refractivity contribution in [3.8, 4) is 5.75 Å². The smallest absolute Gasteiger partial charge is 0.123 e. The van der Waals surface area contributed by atoms with Crippen LogP contribution in [-0.2, 0) is 12.8 Å². The Balaban J connectivity index is 1.32. The maximum absolute atomic E-state index is 13.7. The van der Waals surface area contributed by atoms with Crippen molar-refractivity contribution >= 4 is 10.9 Å². The predicted molar refractivity (Wildman–Crippen MR) is 114 cm³/mol. The first-order chi connectivity index (χ1) is 14.3. The molecule has 0 fully saturated rings. The predicted octanol–water partition coefficient (Wildman–Crippen LogP) is 5.16. The second kappa shape index (κ2) is 7.72. The highest BCUT2D eigenvalue weighted by Crippen LogP contribution is 2.34. The minimum absolute atomic E-state index is 0.0765. The Morgan fingerprint density at radius 3 is 2.62 bits per heavy atom. The van der Waals surface area contributed by atoms with Crippen molar-refractivity contribution < 1.29 is 9.13 Å². The molecule has 0 saturated heterocycles. The van der Waals surface area contributed by atoms with Gasteiger partial charge in [0.1, 0.15) is 11.6 Å². The number of fused-ring (bicyclic) bond motifs is 3. The van der Waals surface area contributed by atoms with Gasteiger partial charge in [-0.15, -0.1) is 0 Å². The topological polar surface area (TPSA) is 37.0 Å². The molecule has 3 nitrogen and oxygen atoms in total. The molecule has 1 aliphatic heterocycles. The number of ether oxygens (including phenoxy) is 1. The van der Waals surface area contributed by atoms with E-state index in [0.29, 0.717) is 6.61 Å². The first kappa shape index (κ1) is 18.0. The summed E-state index contributed by atoms with van der Waals surface area (Å²) in [6, 6.07) is 23.7. The molecular weight excluding hydrogens is 363 g/mol. The van der Waals surface area contributed by atoms with Crippen LogP contribution in [0.1, 0.15) is 28.4 Å². The lowest BCUT2D eigenvalue weighted by molar-refractivity contribution is 0.322. The molecule has 0 bridgehead atoms. The maximum Gasteiger partial charge on any atom is 0.123 e. The minimum Gasteiger partial charge on any atom is -0.493 e. The fourth-order valence-electron chi connectivity index (χ4n) is 4.17. The van der Waals surface area contributed by atoms with Gasteiger partial charge in [-0.3, -0.25) is 0 Å². The highest BCUT2D eigenvalue weighted by atomic mass is 19.1. The first-order valence-corrected chi connectivity index (χ1v) is 10.1. The molecule has 146 valence electrons. The van der Waals surface area contributed by atoms with Crippen molar-refractivity contribution in [3.05, 3.63) is 101 Å². The Morgan fingerprint density at radius 1 is 0.966 bits per heavy atom. The number of hydrogen-bond donors (Lipinski definition) is 2. The minimum atomic E-state index is -0.189. The monoisotopic (exact) mass is 386 g/mol. The van der Waals surface area contributed by atoms with Gasteiger partial charge in [-0.25, -0.2) is 4.39 Å². The Morgan fingerprint density at radius 2 is 1.79 bits per heavy atom. The zero-order chi connectivity index (χ0) is 19.6. The summed E-state index contributed by atoms with van der Waals surface area (Å²) in [5.74, 6) is 0.686. The highest BCUT2D eigenvalue weighted by Gasteiger charge is 2.25. The molecule has 2 N–H and O–H groups in total. The average molecular weight is 386 g/mol. The summed E-state index contributed by atoms with van der Waals surface area (Å²) in [6.45, 7) is 1.53. The number of aromatic amines is 1. The van der Waals surface area contributed by atoms with Gasteiger partial charge >= 0.3 is 0 Å². The summed E-state index contributed by atoms with van der Waals surface area (Å²) in [7, 11) is 0. The Bertz CT molecular complexity index is 1120. The summed E-state index contributed by atoms with van der Waals surface area (Å²) in [5, 5.41) is 4.58. The molecule has 0 saturated carbocycles. The summed E-state index contributed by atoms with van der Waals surface area (Å²) in [4.78, 5) is 3.50. The largest absolute Gasteiger partial charge is 0.493 e. The fraction of sp³-hybridized carbons (Fsp3) is 0.200. The molecule has 1 atom stereocenters. The van der Waals surface area contributed by atoms with Gasteiger partial charge in [0.25, 0.3) is 0 Å². The van der Waals surface area contributed by atoms with Crippen LogP contribution in [0.4, 0.5) is 4.39 Å². The van der Waals surface area contributed by atoms with Crippen molar-refractivity contribution in [3.63, 3.8) is 0 Å². The van der Waals surface area contributed by atoms with Crippen molar-refractivity contribution in [1.29, 1.82) is 0 Å². The summed E-state index contributed by atoms with van der Waals surface area (Å²) >= 11 is 0. The van der Waals surface area contributed by atoms with Gasteiger partial charge in [0.05, 0.1) is 12.6 Å². The highest BCUT2D eigenvalue weighted by molar-refractivity contribution is 5.85. The van der Waals surface area contributed by atoms with E-state index in [1.807, 2.05) is 36.4 Å². The van der Waals surface area contributed by atoms with E-state index in [1.165, 1.54) is 22.8 Å². The number of nitrogens with one attached hydrogen (secondary N) is 2. The van der Waals surface area contributed by atoms with E-state index >= 15 is 0 Å².